The summed E-state index contributed by atoms with van der Waals surface area (Å²) >= 11 is 0. The summed E-state index contributed by atoms with van der Waals surface area (Å²) in [5, 5.41) is 0. The number of rotatable bonds is 60. The van der Waals surface area contributed by atoms with Gasteiger partial charge in [0.2, 0.25) is 0 Å². The fraction of sp³-hybridized carbons (Fsp3) is 0.921. The number of Topliss-reactive ketones (excluding diaryl/α,β-unsaturated/α-hetero) is 3. The van der Waals surface area contributed by atoms with Gasteiger partial charge in [0.15, 0.2) is 17.3 Å². The molecule has 72 heavy (non-hydrogen) atoms. The Kier molecular flexibility index (Phi) is 54.6. The molecule has 0 aromatic carbocycles. The molecule has 0 heterocycles. The normalized spacial score (nSPS) is 14.0. The Morgan fingerprint density at radius 3 is 1.28 bits per heavy atom. The number of ether oxygens (including phenoxy) is 6. The summed E-state index contributed by atoms with van der Waals surface area (Å²) in [6.07, 6.45) is 50.2. The molecule has 0 aliphatic heterocycles. The fourth-order valence-electron chi connectivity index (χ4n) is 9.92. The highest BCUT2D eigenvalue weighted by Gasteiger charge is 2.18. The van der Waals surface area contributed by atoms with Crippen LogP contribution in [0.5, 0.6) is 0 Å². The van der Waals surface area contributed by atoms with E-state index in [0.29, 0.717) is 37.4 Å². The summed E-state index contributed by atoms with van der Waals surface area (Å²) in [6.45, 7) is 10.4. The monoisotopic (exact) mass is 1020 g/mol. The van der Waals surface area contributed by atoms with Crippen LogP contribution in [-0.2, 0) is 42.8 Å². The van der Waals surface area contributed by atoms with E-state index in [4.69, 9.17) is 28.4 Å². The minimum Gasteiger partial charge on any atom is -0.385 e. The molecule has 9 nitrogen and oxygen atoms in total. The SMILES string of the molecule is CCCCCCC(C/C=C\CCCCCCCC(=O)COCC(COCC(=O)CCCCCCCCCCC(CCCCCC)OC)OCC(=O)CCCCCCC(C)C(CCCCCC)CCOC)OC. The maximum absolute atomic E-state index is 12.9. The fourth-order valence-corrected chi connectivity index (χ4v) is 9.92. The molecule has 0 rings (SSSR count). The Morgan fingerprint density at radius 2 is 0.806 bits per heavy atom. The lowest BCUT2D eigenvalue weighted by Gasteiger charge is -2.24. The van der Waals surface area contributed by atoms with Gasteiger partial charge < -0.3 is 28.4 Å². The van der Waals surface area contributed by atoms with E-state index in [1.165, 1.54) is 154 Å². The van der Waals surface area contributed by atoms with E-state index in [1.54, 1.807) is 7.11 Å². The lowest BCUT2D eigenvalue weighted by Crippen LogP contribution is -2.30. The van der Waals surface area contributed by atoms with Crippen molar-refractivity contribution in [2.45, 2.75) is 303 Å². The summed E-state index contributed by atoms with van der Waals surface area (Å²) in [7, 11) is 5.49. The van der Waals surface area contributed by atoms with Gasteiger partial charge in [-0.2, -0.15) is 0 Å². The van der Waals surface area contributed by atoms with E-state index in [1.807, 2.05) is 14.2 Å². The van der Waals surface area contributed by atoms with Gasteiger partial charge in [0.25, 0.3) is 0 Å². The van der Waals surface area contributed by atoms with Crippen LogP contribution >= 0.6 is 0 Å². The molecular formula is C63H120O9. The number of allylic oxidation sites excluding steroid dienone is 1. The van der Waals surface area contributed by atoms with Crippen molar-refractivity contribution in [1.82, 2.24) is 0 Å². The van der Waals surface area contributed by atoms with Crippen LogP contribution in [0.2, 0.25) is 0 Å². The van der Waals surface area contributed by atoms with Crippen molar-refractivity contribution in [3.05, 3.63) is 12.2 Å². The first-order valence-corrected chi connectivity index (χ1v) is 30.8. The molecule has 0 aliphatic rings. The first-order chi connectivity index (χ1) is 35.2. The molecule has 0 radical (unpaired) electrons. The van der Waals surface area contributed by atoms with Crippen molar-refractivity contribution >= 4 is 17.3 Å². The minimum atomic E-state index is -0.518. The summed E-state index contributed by atoms with van der Waals surface area (Å²) < 4.78 is 34.5. The Balaban J connectivity index is 4.63. The lowest BCUT2D eigenvalue weighted by molar-refractivity contribution is -0.135. The predicted octanol–water partition coefficient (Wildman–Crippen LogP) is 17.3. The highest BCUT2D eigenvalue weighted by Crippen LogP contribution is 2.28. The molecule has 0 aromatic rings. The van der Waals surface area contributed by atoms with Crippen molar-refractivity contribution in [2.75, 3.05) is 61.0 Å². The number of unbranched alkanes of at least 4 members (excludes halogenated alkanes) is 24. The van der Waals surface area contributed by atoms with Gasteiger partial charge in [-0.25, -0.2) is 0 Å². The zero-order valence-corrected chi connectivity index (χ0v) is 48.7. The lowest BCUT2D eigenvalue weighted by atomic mass is 9.83. The number of carbonyl (C=O) groups excluding carboxylic acids is 3. The van der Waals surface area contributed by atoms with Crippen LogP contribution in [-0.4, -0.2) is 96.6 Å². The molecule has 0 saturated heterocycles. The van der Waals surface area contributed by atoms with Crippen molar-refractivity contribution in [3.63, 3.8) is 0 Å². The minimum absolute atomic E-state index is 0.00901. The van der Waals surface area contributed by atoms with Crippen molar-refractivity contribution in [3.8, 4) is 0 Å². The Hall–Kier alpha value is -1.49. The quantitative estimate of drug-likeness (QED) is 0.0435. The molecular weight excluding hydrogens is 901 g/mol. The smallest absolute Gasteiger partial charge is 0.158 e. The average Bonchev–Trinajstić information content (AvgIpc) is 3.38. The van der Waals surface area contributed by atoms with Crippen LogP contribution in [0.15, 0.2) is 12.2 Å². The molecule has 0 amide bonds. The topological polar surface area (TPSA) is 107 Å². The van der Waals surface area contributed by atoms with Gasteiger partial charge in [0.1, 0.15) is 25.9 Å². The first kappa shape index (κ1) is 70.5. The van der Waals surface area contributed by atoms with E-state index in [2.05, 4.69) is 39.8 Å². The van der Waals surface area contributed by atoms with Crippen LogP contribution in [0.3, 0.4) is 0 Å². The zero-order valence-electron chi connectivity index (χ0n) is 48.7. The Morgan fingerprint density at radius 1 is 0.403 bits per heavy atom. The molecule has 0 aliphatic carbocycles. The second-order valence-electron chi connectivity index (χ2n) is 21.7. The summed E-state index contributed by atoms with van der Waals surface area (Å²) in [4.78, 5) is 38.4. The van der Waals surface area contributed by atoms with E-state index in [9.17, 15) is 14.4 Å². The van der Waals surface area contributed by atoms with Crippen LogP contribution in [0, 0.1) is 11.8 Å². The van der Waals surface area contributed by atoms with Gasteiger partial charge >= 0.3 is 0 Å². The third-order valence-electron chi connectivity index (χ3n) is 15.0. The van der Waals surface area contributed by atoms with E-state index < -0.39 is 6.10 Å². The van der Waals surface area contributed by atoms with Crippen LogP contribution in [0.1, 0.15) is 285 Å². The zero-order chi connectivity index (χ0) is 52.8. The standard InChI is InChI=1S/C63H120O9/c1-8-11-14-32-41-57(49-50-67-5)56(4)40-31-29-30-35-44-60(66)53-72-63(54-70-51-58(64)42-33-25-21-17-19-23-27-38-47-61(68-6)45-36-15-12-9-2)55-71-52-59(65)43-34-26-22-18-20-24-28-39-48-62(69-7)46-37-16-13-10-3/h27,38,56-57,61-63H,8-26,28-37,39-55H2,1-7H3/b38-27-. The summed E-state index contributed by atoms with van der Waals surface area (Å²) in [6, 6.07) is 0. The van der Waals surface area contributed by atoms with Gasteiger partial charge in [-0.3, -0.25) is 14.4 Å². The maximum Gasteiger partial charge on any atom is 0.158 e. The van der Waals surface area contributed by atoms with Gasteiger partial charge in [0, 0.05) is 47.2 Å². The summed E-state index contributed by atoms with van der Waals surface area (Å²) in [5.41, 5.74) is 0. The van der Waals surface area contributed by atoms with Crippen LogP contribution in [0.4, 0.5) is 0 Å². The highest BCUT2D eigenvalue weighted by atomic mass is 16.6. The second kappa shape index (κ2) is 55.7. The molecule has 0 aromatic heterocycles. The molecule has 0 spiro atoms. The molecule has 0 N–H and O–H groups in total. The van der Waals surface area contributed by atoms with Crippen LogP contribution < -0.4 is 0 Å². The molecule has 9 heteroatoms. The molecule has 5 unspecified atom stereocenters. The molecule has 0 bridgehead atoms. The van der Waals surface area contributed by atoms with Gasteiger partial charge in [-0.05, 0) is 76.0 Å². The largest absolute Gasteiger partial charge is 0.385 e. The molecule has 0 fully saturated rings. The third-order valence-corrected chi connectivity index (χ3v) is 15.0. The number of carbonyl (C=O) groups is 3. The van der Waals surface area contributed by atoms with Crippen LogP contribution in [0.25, 0.3) is 0 Å². The Labute approximate surface area is 446 Å². The van der Waals surface area contributed by atoms with Gasteiger partial charge in [-0.15, -0.1) is 0 Å². The van der Waals surface area contributed by atoms with Crippen molar-refractivity contribution in [1.29, 1.82) is 0 Å². The second-order valence-corrected chi connectivity index (χ2v) is 21.7. The average molecular weight is 1020 g/mol. The molecule has 426 valence electrons. The van der Waals surface area contributed by atoms with Gasteiger partial charge in [0.05, 0.1) is 25.4 Å². The van der Waals surface area contributed by atoms with E-state index in [-0.39, 0.29) is 50.4 Å². The predicted molar refractivity (Wildman–Crippen MR) is 303 cm³/mol. The maximum atomic E-state index is 12.9. The first-order valence-electron chi connectivity index (χ1n) is 30.8. The van der Waals surface area contributed by atoms with Crippen molar-refractivity contribution < 1.29 is 42.8 Å². The molecule has 0 saturated carbocycles. The number of hydrogen-bond donors (Lipinski definition) is 0. The summed E-state index contributed by atoms with van der Waals surface area (Å²) in [5.74, 6) is 1.68. The number of hydrogen-bond acceptors (Lipinski definition) is 9. The van der Waals surface area contributed by atoms with E-state index >= 15 is 0 Å². The highest BCUT2D eigenvalue weighted by molar-refractivity contribution is 5.80. The third kappa shape index (κ3) is 48.2. The Bertz CT molecular complexity index is 1190. The van der Waals surface area contributed by atoms with Gasteiger partial charge in [-0.1, -0.05) is 213 Å². The number of methoxy groups -OCH3 is 3. The number of ketones is 3. The molecule has 5 atom stereocenters. The van der Waals surface area contributed by atoms with E-state index in [0.717, 1.165) is 96.0 Å². The van der Waals surface area contributed by atoms with Crippen molar-refractivity contribution in [2.24, 2.45) is 11.8 Å².